The van der Waals surface area contributed by atoms with Crippen LogP contribution in [-0.4, -0.2) is 55.3 Å². The summed E-state index contributed by atoms with van der Waals surface area (Å²) in [6, 6.07) is 0. The normalized spacial score (nSPS) is 34.3. The van der Waals surface area contributed by atoms with Gasteiger partial charge in [0.05, 0.1) is 6.61 Å². The summed E-state index contributed by atoms with van der Waals surface area (Å²) in [6.07, 6.45) is -8.72. The molecule has 0 aromatic carbocycles. The highest BCUT2D eigenvalue weighted by molar-refractivity contribution is 5.70. The maximum Gasteiger partial charge on any atom is 0.332 e. The van der Waals surface area contributed by atoms with Gasteiger partial charge >= 0.3 is 5.97 Å². The number of esters is 1. The zero-order valence-corrected chi connectivity index (χ0v) is 19.4. The van der Waals surface area contributed by atoms with Crippen molar-refractivity contribution in [3.8, 4) is 0 Å². The zero-order valence-electron chi connectivity index (χ0n) is 19.4. The highest BCUT2D eigenvalue weighted by Gasteiger charge is 2.57. The van der Waals surface area contributed by atoms with Gasteiger partial charge in [-0.05, 0) is 36.0 Å². The van der Waals surface area contributed by atoms with Crippen LogP contribution in [0.5, 0.6) is 0 Å². The van der Waals surface area contributed by atoms with Crippen molar-refractivity contribution in [1.29, 1.82) is 0 Å². The van der Waals surface area contributed by atoms with Gasteiger partial charge in [-0.15, -0.1) is 0 Å². The lowest BCUT2D eigenvalue weighted by atomic mass is 9.72. The summed E-state index contributed by atoms with van der Waals surface area (Å²) in [5.74, 6) is -3.58. The summed E-state index contributed by atoms with van der Waals surface area (Å²) in [5, 5.41) is 10.5. The van der Waals surface area contributed by atoms with Gasteiger partial charge in [0, 0.05) is 17.8 Å². The van der Waals surface area contributed by atoms with Crippen molar-refractivity contribution in [1.82, 2.24) is 0 Å². The quantitative estimate of drug-likeness (QED) is 0.320. The first-order valence-electron chi connectivity index (χ1n) is 11.1. The molecule has 0 saturated heterocycles. The SMILES string of the molecule is CC(C)(C)CC(C(O)OCC(=O)OCC1C(F)C(F)C(F)C(F)C1C1CC1)C(C)(C)C. The second-order valence-corrected chi connectivity index (χ2v) is 11.5. The molecule has 31 heavy (non-hydrogen) atoms. The molecule has 0 aliphatic heterocycles. The minimum absolute atomic E-state index is 0.0716. The number of rotatable bonds is 8. The van der Waals surface area contributed by atoms with Crippen LogP contribution in [0, 0.1) is 34.5 Å². The Hall–Kier alpha value is -0.890. The largest absolute Gasteiger partial charge is 0.464 e. The lowest BCUT2D eigenvalue weighted by Gasteiger charge is -2.40. The van der Waals surface area contributed by atoms with Gasteiger partial charge in [-0.1, -0.05) is 41.5 Å². The van der Waals surface area contributed by atoms with Gasteiger partial charge in [-0.3, -0.25) is 0 Å². The van der Waals surface area contributed by atoms with E-state index in [4.69, 9.17) is 9.47 Å². The number of alkyl halides is 4. The molecule has 0 radical (unpaired) electrons. The number of halogens is 4. The Morgan fingerprint density at radius 1 is 0.968 bits per heavy atom. The number of hydrogen-bond acceptors (Lipinski definition) is 4. The first-order chi connectivity index (χ1) is 14.1. The summed E-state index contributed by atoms with van der Waals surface area (Å²) in [7, 11) is 0. The van der Waals surface area contributed by atoms with E-state index in [1.54, 1.807) is 0 Å². The van der Waals surface area contributed by atoms with Crippen LogP contribution >= 0.6 is 0 Å². The van der Waals surface area contributed by atoms with Crippen LogP contribution in [0.25, 0.3) is 0 Å². The molecule has 2 saturated carbocycles. The summed E-state index contributed by atoms with van der Waals surface area (Å²) < 4.78 is 66.8. The second kappa shape index (κ2) is 9.94. The lowest BCUT2D eigenvalue weighted by molar-refractivity contribution is -0.187. The van der Waals surface area contributed by atoms with Gasteiger partial charge < -0.3 is 14.6 Å². The number of carbonyl (C=O) groups is 1. The van der Waals surface area contributed by atoms with E-state index in [0.29, 0.717) is 19.3 Å². The van der Waals surface area contributed by atoms with Crippen molar-refractivity contribution in [2.24, 2.45) is 34.5 Å². The molecule has 2 rings (SSSR count). The predicted octanol–water partition coefficient (Wildman–Crippen LogP) is 4.97. The smallest absolute Gasteiger partial charge is 0.332 e. The number of carbonyl (C=O) groups excluding carboxylic acids is 1. The molecule has 0 bridgehead atoms. The van der Waals surface area contributed by atoms with E-state index in [0.717, 1.165) is 0 Å². The highest BCUT2D eigenvalue weighted by Crippen LogP contribution is 2.50. The number of aliphatic hydroxyl groups is 1. The molecule has 182 valence electrons. The number of aliphatic hydroxyl groups excluding tert-OH is 1. The van der Waals surface area contributed by atoms with E-state index in [9.17, 15) is 27.5 Å². The fourth-order valence-electron chi connectivity index (χ4n) is 4.54. The molecule has 2 fully saturated rings. The van der Waals surface area contributed by atoms with Gasteiger partial charge in [-0.25, -0.2) is 22.4 Å². The molecule has 8 heteroatoms. The van der Waals surface area contributed by atoms with Crippen LogP contribution in [0.4, 0.5) is 17.6 Å². The molecule has 2 aliphatic rings. The van der Waals surface area contributed by atoms with Crippen LogP contribution in [0.15, 0.2) is 0 Å². The molecule has 0 aromatic heterocycles. The summed E-state index contributed by atoms with van der Waals surface area (Å²) in [4.78, 5) is 12.1. The van der Waals surface area contributed by atoms with Crippen LogP contribution in [0.3, 0.4) is 0 Å². The maximum atomic E-state index is 14.4. The Kier molecular flexibility index (Phi) is 8.45. The second-order valence-electron chi connectivity index (χ2n) is 11.5. The molecule has 8 unspecified atom stereocenters. The molecular formula is C23H38F4O4. The van der Waals surface area contributed by atoms with Crippen molar-refractivity contribution in [2.45, 2.75) is 91.8 Å². The first kappa shape index (κ1) is 26.4. The van der Waals surface area contributed by atoms with Gasteiger partial charge in [0.1, 0.15) is 19.0 Å². The van der Waals surface area contributed by atoms with Gasteiger partial charge in [0.25, 0.3) is 0 Å². The first-order valence-corrected chi connectivity index (χ1v) is 11.1. The minimum Gasteiger partial charge on any atom is -0.464 e. The molecule has 0 heterocycles. The Bertz CT molecular complexity index is 599. The number of hydrogen-bond donors (Lipinski definition) is 1. The standard InChI is InChI=1S/C23H38F4O4/c1-22(2,3)9-14(23(4,5)6)21(29)31-11-15(28)30-10-13-16(12-7-8-12)18(25)20(27)19(26)17(13)24/h12-14,16-21,29H,7-11H2,1-6H3. The summed E-state index contributed by atoms with van der Waals surface area (Å²) in [6.45, 7) is 10.9. The Labute approximate surface area is 183 Å². The maximum absolute atomic E-state index is 14.4. The van der Waals surface area contributed by atoms with Crippen molar-refractivity contribution >= 4 is 5.97 Å². The van der Waals surface area contributed by atoms with Crippen LogP contribution in [-0.2, 0) is 14.3 Å². The average molecular weight is 455 g/mol. The van der Waals surface area contributed by atoms with E-state index < -0.39 is 62.0 Å². The van der Waals surface area contributed by atoms with E-state index in [-0.39, 0.29) is 22.7 Å². The molecule has 0 amide bonds. The van der Waals surface area contributed by atoms with E-state index in [1.807, 2.05) is 41.5 Å². The summed E-state index contributed by atoms with van der Waals surface area (Å²) >= 11 is 0. The van der Waals surface area contributed by atoms with Gasteiger partial charge in [0.15, 0.2) is 18.6 Å². The number of ether oxygens (including phenoxy) is 2. The highest BCUT2D eigenvalue weighted by atomic mass is 19.2. The van der Waals surface area contributed by atoms with Crippen LogP contribution < -0.4 is 0 Å². The predicted molar refractivity (Wildman–Crippen MR) is 109 cm³/mol. The fourth-order valence-corrected chi connectivity index (χ4v) is 4.54. The third-order valence-corrected chi connectivity index (χ3v) is 6.45. The molecule has 0 spiro atoms. The average Bonchev–Trinajstić information content (AvgIpc) is 3.47. The van der Waals surface area contributed by atoms with E-state index >= 15 is 0 Å². The monoisotopic (exact) mass is 454 g/mol. The van der Waals surface area contributed by atoms with Gasteiger partial charge in [0.2, 0.25) is 0 Å². The van der Waals surface area contributed by atoms with E-state index in [1.165, 1.54) is 0 Å². The Balaban J connectivity index is 1.91. The van der Waals surface area contributed by atoms with Crippen LogP contribution in [0.2, 0.25) is 0 Å². The van der Waals surface area contributed by atoms with Crippen LogP contribution in [0.1, 0.15) is 60.8 Å². The van der Waals surface area contributed by atoms with Gasteiger partial charge in [-0.2, -0.15) is 0 Å². The van der Waals surface area contributed by atoms with Crippen molar-refractivity contribution in [3.63, 3.8) is 0 Å². The molecule has 2 aliphatic carbocycles. The zero-order chi connectivity index (χ0) is 23.7. The molecule has 8 atom stereocenters. The topological polar surface area (TPSA) is 55.8 Å². The van der Waals surface area contributed by atoms with Crippen molar-refractivity contribution < 1.29 is 36.9 Å². The van der Waals surface area contributed by atoms with Crippen molar-refractivity contribution in [2.75, 3.05) is 13.2 Å². The summed E-state index contributed by atoms with van der Waals surface area (Å²) in [5.41, 5.74) is -0.357. The Morgan fingerprint density at radius 3 is 2.00 bits per heavy atom. The molecule has 4 nitrogen and oxygen atoms in total. The Morgan fingerprint density at radius 2 is 1.52 bits per heavy atom. The third-order valence-electron chi connectivity index (χ3n) is 6.45. The molecular weight excluding hydrogens is 416 g/mol. The molecule has 0 aromatic rings. The molecule has 1 N–H and O–H groups in total. The fraction of sp³-hybridized carbons (Fsp3) is 0.957. The third kappa shape index (κ3) is 7.04. The van der Waals surface area contributed by atoms with Crippen molar-refractivity contribution in [3.05, 3.63) is 0 Å². The van der Waals surface area contributed by atoms with E-state index in [2.05, 4.69) is 0 Å². The minimum atomic E-state index is -2.57. The lowest BCUT2D eigenvalue weighted by Crippen LogP contribution is -2.54.